The Kier molecular flexibility index (Phi) is 4.17. The van der Waals surface area contributed by atoms with Crippen LogP contribution in [-0.2, 0) is 11.3 Å². The van der Waals surface area contributed by atoms with Gasteiger partial charge in [0.2, 0.25) is 0 Å². The number of alkyl halides is 3. The highest BCUT2D eigenvalue weighted by atomic mass is 19.4. The van der Waals surface area contributed by atoms with Crippen molar-refractivity contribution < 1.29 is 22.4 Å². The lowest BCUT2D eigenvalue weighted by Gasteiger charge is -2.06. The molecule has 0 bridgehead atoms. The summed E-state index contributed by atoms with van der Waals surface area (Å²) in [4.78, 5) is 3.99. The zero-order valence-corrected chi connectivity index (χ0v) is 11.5. The quantitative estimate of drug-likeness (QED) is 0.879. The fourth-order valence-electron chi connectivity index (χ4n) is 1.84. The highest BCUT2D eigenvalue weighted by Gasteiger charge is 2.27. The van der Waals surface area contributed by atoms with Crippen LogP contribution in [0.2, 0.25) is 0 Å². The summed E-state index contributed by atoms with van der Waals surface area (Å²) in [5.41, 5.74) is 8.81. The zero-order valence-electron chi connectivity index (χ0n) is 11.5. The van der Waals surface area contributed by atoms with Crippen LogP contribution in [0.25, 0.3) is 11.5 Å². The highest BCUT2D eigenvalue weighted by Crippen LogP contribution is 2.28. The molecule has 5 nitrogen and oxygen atoms in total. The van der Waals surface area contributed by atoms with Gasteiger partial charge >= 0.3 is 6.18 Å². The molecule has 0 amide bonds. The summed E-state index contributed by atoms with van der Waals surface area (Å²) >= 11 is 0. The lowest BCUT2D eigenvalue weighted by atomic mass is 10.0. The van der Waals surface area contributed by atoms with Crippen molar-refractivity contribution in [3.8, 4) is 11.5 Å². The van der Waals surface area contributed by atoms with Crippen molar-refractivity contribution in [1.29, 1.82) is 0 Å². The summed E-state index contributed by atoms with van der Waals surface area (Å²) in [7, 11) is 0. The number of ether oxygens (including phenoxy) is 1. The zero-order chi connectivity index (χ0) is 15.6. The van der Waals surface area contributed by atoms with E-state index in [1.54, 1.807) is 6.07 Å². The second-order valence-electron chi connectivity index (χ2n) is 4.67. The number of nitrogens with two attached hydrogens (primary N) is 1. The topological polar surface area (TPSA) is 74.2 Å². The standard InChI is InChI=1S/C13H14F3N3O2/c1-7-3-8(2)11(17)9(4-7)12-18-10(19-21-12)5-20-6-13(14,15)16/h3-4H,5-6,17H2,1-2H3. The predicted octanol–water partition coefficient (Wildman–Crippen LogP) is 3.01. The summed E-state index contributed by atoms with van der Waals surface area (Å²) in [6.07, 6.45) is -4.38. The van der Waals surface area contributed by atoms with Gasteiger partial charge in [-0.3, -0.25) is 0 Å². The monoisotopic (exact) mass is 301 g/mol. The molecule has 1 aromatic carbocycles. The Morgan fingerprint density at radius 2 is 2.00 bits per heavy atom. The van der Waals surface area contributed by atoms with E-state index in [4.69, 9.17) is 10.3 Å². The number of benzene rings is 1. The average Bonchev–Trinajstić information content (AvgIpc) is 2.80. The smallest absolute Gasteiger partial charge is 0.398 e. The van der Waals surface area contributed by atoms with Gasteiger partial charge in [0.05, 0.1) is 5.56 Å². The fourth-order valence-corrected chi connectivity index (χ4v) is 1.84. The molecule has 0 spiro atoms. The molecular weight excluding hydrogens is 287 g/mol. The molecule has 8 heteroatoms. The van der Waals surface area contributed by atoms with Crippen LogP contribution in [-0.4, -0.2) is 22.9 Å². The Labute approximate surface area is 118 Å². The molecule has 0 atom stereocenters. The van der Waals surface area contributed by atoms with Crippen molar-refractivity contribution in [2.45, 2.75) is 26.6 Å². The molecule has 0 unspecified atom stereocenters. The number of aromatic nitrogens is 2. The molecule has 2 rings (SSSR count). The first-order valence-corrected chi connectivity index (χ1v) is 6.10. The van der Waals surface area contributed by atoms with Gasteiger partial charge in [0.1, 0.15) is 13.2 Å². The maximum absolute atomic E-state index is 12.0. The Morgan fingerprint density at radius 1 is 1.29 bits per heavy atom. The molecule has 1 heterocycles. The summed E-state index contributed by atoms with van der Waals surface area (Å²) in [6, 6.07) is 3.68. The van der Waals surface area contributed by atoms with E-state index in [-0.39, 0.29) is 18.3 Å². The molecule has 0 saturated carbocycles. The van der Waals surface area contributed by atoms with E-state index in [0.29, 0.717) is 11.3 Å². The lowest BCUT2D eigenvalue weighted by molar-refractivity contribution is -0.177. The number of hydrogen-bond acceptors (Lipinski definition) is 5. The van der Waals surface area contributed by atoms with E-state index < -0.39 is 12.8 Å². The van der Waals surface area contributed by atoms with Crippen molar-refractivity contribution in [1.82, 2.24) is 10.1 Å². The molecule has 0 aliphatic rings. The first kappa shape index (κ1) is 15.3. The minimum Gasteiger partial charge on any atom is -0.398 e. The van der Waals surface area contributed by atoms with E-state index in [2.05, 4.69) is 14.9 Å². The van der Waals surface area contributed by atoms with E-state index in [9.17, 15) is 13.2 Å². The molecule has 114 valence electrons. The number of aryl methyl sites for hydroxylation is 2. The van der Waals surface area contributed by atoms with Crippen molar-refractivity contribution in [3.05, 3.63) is 29.1 Å². The second kappa shape index (κ2) is 5.72. The van der Waals surface area contributed by atoms with Crippen LogP contribution in [0.5, 0.6) is 0 Å². The van der Waals surface area contributed by atoms with Crippen molar-refractivity contribution >= 4 is 5.69 Å². The third-order valence-corrected chi connectivity index (χ3v) is 2.73. The molecule has 2 N–H and O–H groups in total. The predicted molar refractivity (Wildman–Crippen MR) is 69.3 cm³/mol. The SMILES string of the molecule is Cc1cc(C)c(N)c(-c2nc(COCC(F)(F)F)no2)c1. The van der Waals surface area contributed by atoms with Crippen molar-refractivity contribution in [2.75, 3.05) is 12.3 Å². The summed E-state index contributed by atoms with van der Waals surface area (Å²) < 4.78 is 45.4. The maximum atomic E-state index is 12.0. The molecule has 0 aliphatic heterocycles. The molecule has 1 aromatic heterocycles. The Bertz CT molecular complexity index is 638. The normalized spacial score (nSPS) is 11.9. The van der Waals surface area contributed by atoms with Crippen molar-refractivity contribution in [3.63, 3.8) is 0 Å². The number of nitrogens with zero attached hydrogens (tertiary/aromatic N) is 2. The van der Waals surface area contributed by atoms with Crippen molar-refractivity contribution in [2.24, 2.45) is 0 Å². The third kappa shape index (κ3) is 3.94. The molecule has 0 fully saturated rings. The Morgan fingerprint density at radius 3 is 2.67 bits per heavy atom. The average molecular weight is 301 g/mol. The van der Waals surface area contributed by atoms with Gasteiger partial charge in [-0.1, -0.05) is 11.2 Å². The van der Waals surface area contributed by atoms with Gasteiger partial charge in [-0.25, -0.2) is 0 Å². The first-order chi connectivity index (χ1) is 9.76. The summed E-state index contributed by atoms with van der Waals surface area (Å²) in [6.45, 7) is 1.99. The molecule has 2 aromatic rings. The van der Waals surface area contributed by atoms with Crippen LogP contribution in [0.15, 0.2) is 16.7 Å². The Balaban J connectivity index is 2.13. The number of rotatable bonds is 4. The number of hydrogen-bond donors (Lipinski definition) is 1. The van der Waals surface area contributed by atoms with Gasteiger partial charge in [0.25, 0.3) is 5.89 Å². The molecule has 0 radical (unpaired) electrons. The minimum atomic E-state index is -4.38. The number of anilines is 1. The molecule has 0 saturated heterocycles. The van der Waals surface area contributed by atoms with Crippen LogP contribution >= 0.6 is 0 Å². The van der Waals surface area contributed by atoms with E-state index in [0.717, 1.165) is 11.1 Å². The molecule has 21 heavy (non-hydrogen) atoms. The largest absolute Gasteiger partial charge is 0.411 e. The van der Waals surface area contributed by atoms with Gasteiger partial charge in [-0.2, -0.15) is 18.2 Å². The van der Waals surface area contributed by atoms with Gasteiger partial charge in [0, 0.05) is 5.69 Å². The van der Waals surface area contributed by atoms with Crippen LogP contribution < -0.4 is 5.73 Å². The van der Waals surface area contributed by atoms with Gasteiger partial charge in [0.15, 0.2) is 5.82 Å². The number of halogens is 3. The summed E-state index contributed by atoms with van der Waals surface area (Å²) in [5.74, 6) is 0.192. The van der Waals surface area contributed by atoms with E-state index >= 15 is 0 Å². The first-order valence-electron chi connectivity index (χ1n) is 6.10. The van der Waals surface area contributed by atoms with E-state index in [1.807, 2.05) is 19.9 Å². The minimum absolute atomic E-state index is 0.0350. The molecular formula is C13H14F3N3O2. The van der Waals surface area contributed by atoms with E-state index in [1.165, 1.54) is 0 Å². The third-order valence-electron chi connectivity index (χ3n) is 2.73. The summed E-state index contributed by atoms with van der Waals surface area (Å²) in [5, 5.41) is 3.58. The van der Waals surface area contributed by atoms with Crippen LogP contribution in [0, 0.1) is 13.8 Å². The number of nitrogen functional groups attached to an aromatic ring is 1. The van der Waals surface area contributed by atoms with Crippen LogP contribution in [0.4, 0.5) is 18.9 Å². The highest BCUT2D eigenvalue weighted by molar-refractivity contribution is 5.74. The molecule has 0 aliphatic carbocycles. The fraction of sp³-hybridized carbons (Fsp3) is 0.385. The lowest BCUT2D eigenvalue weighted by Crippen LogP contribution is -2.16. The van der Waals surface area contributed by atoms with Crippen LogP contribution in [0.1, 0.15) is 17.0 Å². The second-order valence-corrected chi connectivity index (χ2v) is 4.67. The van der Waals surface area contributed by atoms with Crippen LogP contribution in [0.3, 0.4) is 0 Å². The Hall–Kier alpha value is -2.09. The maximum Gasteiger partial charge on any atom is 0.411 e. The van der Waals surface area contributed by atoms with Gasteiger partial charge in [-0.05, 0) is 31.0 Å². The van der Waals surface area contributed by atoms with Gasteiger partial charge in [-0.15, -0.1) is 0 Å². The van der Waals surface area contributed by atoms with Gasteiger partial charge < -0.3 is 15.0 Å².